The Hall–Kier alpha value is -0.570. The van der Waals surface area contributed by atoms with Crippen LogP contribution in [0.3, 0.4) is 0 Å². The molecule has 0 bridgehead atoms. The lowest BCUT2D eigenvalue weighted by Gasteiger charge is -2.30. The van der Waals surface area contributed by atoms with Crippen LogP contribution in [-0.2, 0) is 9.53 Å². The topological polar surface area (TPSA) is 29.5 Å². The van der Waals surface area contributed by atoms with Crippen molar-refractivity contribution in [3.63, 3.8) is 0 Å². The van der Waals surface area contributed by atoms with Crippen molar-refractivity contribution >= 4 is 5.97 Å². The van der Waals surface area contributed by atoms with Crippen molar-refractivity contribution in [1.82, 2.24) is 4.90 Å². The SMILES string of the molecule is CC.CC.CCCN(CC)CCOC(=O)C(C)(CC)C(C)C. The smallest absolute Gasteiger partial charge is 0.312 e. The molecule has 3 nitrogen and oxygen atoms in total. The third kappa shape index (κ3) is 10.2. The zero-order valence-electron chi connectivity index (χ0n) is 17.1. The molecule has 0 rings (SSSR count). The van der Waals surface area contributed by atoms with E-state index in [2.05, 4.69) is 39.5 Å². The van der Waals surface area contributed by atoms with Gasteiger partial charge in [0, 0.05) is 6.54 Å². The van der Waals surface area contributed by atoms with E-state index in [4.69, 9.17) is 4.74 Å². The molecule has 0 spiro atoms. The first kappa shape index (κ1) is 26.3. The van der Waals surface area contributed by atoms with Crippen molar-refractivity contribution in [2.24, 2.45) is 11.3 Å². The number of rotatable bonds is 9. The highest BCUT2D eigenvalue weighted by Crippen LogP contribution is 2.32. The van der Waals surface area contributed by atoms with Gasteiger partial charge in [-0.15, -0.1) is 0 Å². The van der Waals surface area contributed by atoms with Gasteiger partial charge in [0.25, 0.3) is 0 Å². The van der Waals surface area contributed by atoms with Crippen LogP contribution in [0.15, 0.2) is 0 Å². The summed E-state index contributed by atoms with van der Waals surface area (Å²) in [5.74, 6) is 0.264. The molecule has 0 aliphatic heterocycles. The predicted molar refractivity (Wildman–Crippen MR) is 99.3 cm³/mol. The fourth-order valence-corrected chi connectivity index (χ4v) is 1.96. The number of hydrogen-bond donors (Lipinski definition) is 0. The molecule has 0 aromatic heterocycles. The first-order valence-corrected chi connectivity index (χ1v) is 9.31. The summed E-state index contributed by atoms with van der Waals surface area (Å²) in [5.41, 5.74) is -0.345. The Morgan fingerprint density at radius 1 is 1.05 bits per heavy atom. The Kier molecular flexibility index (Phi) is 20.1. The van der Waals surface area contributed by atoms with E-state index in [0.717, 1.165) is 32.5 Å². The van der Waals surface area contributed by atoms with Crippen LogP contribution in [0.5, 0.6) is 0 Å². The highest BCUT2D eigenvalue weighted by molar-refractivity contribution is 5.76. The molecule has 0 aromatic carbocycles. The van der Waals surface area contributed by atoms with Gasteiger partial charge in [-0.1, -0.05) is 62.3 Å². The van der Waals surface area contributed by atoms with Crippen molar-refractivity contribution < 1.29 is 9.53 Å². The van der Waals surface area contributed by atoms with E-state index in [9.17, 15) is 4.79 Å². The predicted octanol–water partition coefficient (Wildman–Crippen LogP) is 5.39. The molecule has 0 heterocycles. The molecule has 0 amide bonds. The monoisotopic (exact) mass is 317 g/mol. The standard InChI is InChI=1S/C15H31NO2.2C2H6/c1-7-10-16(9-3)11-12-18-14(17)15(6,8-2)13(4)5;2*1-2/h13H,7-12H2,1-6H3;2*1-2H3. The molecule has 0 aliphatic carbocycles. The van der Waals surface area contributed by atoms with Gasteiger partial charge in [0.1, 0.15) is 6.61 Å². The summed E-state index contributed by atoms with van der Waals surface area (Å²) in [6, 6.07) is 0. The Morgan fingerprint density at radius 2 is 1.55 bits per heavy atom. The number of hydrogen-bond acceptors (Lipinski definition) is 3. The fourth-order valence-electron chi connectivity index (χ4n) is 1.96. The summed E-state index contributed by atoms with van der Waals surface area (Å²) < 4.78 is 5.46. The number of carbonyl (C=O) groups excluding carboxylic acids is 1. The Labute approximate surface area is 140 Å². The third-order valence-corrected chi connectivity index (χ3v) is 4.10. The van der Waals surface area contributed by atoms with Crippen molar-refractivity contribution in [2.75, 3.05) is 26.2 Å². The van der Waals surface area contributed by atoms with Gasteiger partial charge in [-0.3, -0.25) is 4.79 Å². The molecule has 0 fully saturated rings. The van der Waals surface area contributed by atoms with Gasteiger partial charge in [0.2, 0.25) is 0 Å². The average Bonchev–Trinajstić information content (AvgIpc) is 2.56. The molecule has 22 heavy (non-hydrogen) atoms. The lowest BCUT2D eigenvalue weighted by Crippen LogP contribution is -2.36. The van der Waals surface area contributed by atoms with Crippen LogP contribution >= 0.6 is 0 Å². The molecule has 0 saturated carbocycles. The minimum atomic E-state index is -0.345. The summed E-state index contributed by atoms with van der Waals surface area (Å²) in [7, 11) is 0. The lowest BCUT2D eigenvalue weighted by atomic mass is 9.77. The number of esters is 1. The maximum absolute atomic E-state index is 12.1. The maximum Gasteiger partial charge on any atom is 0.312 e. The second-order valence-electron chi connectivity index (χ2n) is 5.50. The second kappa shape index (κ2) is 16.8. The quantitative estimate of drug-likeness (QED) is 0.534. The fraction of sp³-hybridized carbons (Fsp3) is 0.947. The molecular formula is C19H43NO2. The lowest BCUT2D eigenvalue weighted by molar-refractivity contribution is -0.158. The van der Waals surface area contributed by atoms with Crippen LogP contribution in [0.1, 0.15) is 82.1 Å². The van der Waals surface area contributed by atoms with Crippen LogP contribution in [-0.4, -0.2) is 37.1 Å². The number of likely N-dealkylation sites (N-methyl/N-ethyl adjacent to an activating group) is 1. The zero-order valence-corrected chi connectivity index (χ0v) is 17.1. The van der Waals surface area contributed by atoms with Crippen LogP contribution < -0.4 is 0 Å². The minimum absolute atomic E-state index is 0.0486. The normalized spacial score (nSPS) is 12.7. The summed E-state index contributed by atoms with van der Waals surface area (Å²) >= 11 is 0. The molecule has 0 saturated heterocycles. The van der Waals surface area contributed by atoms with E-state index >= 15 is 0 Å². The van der Waals surface area contributed by atoms with Gasteiger partial charge >= 0.3 is 5.97 Å². The Morgan fingerprint density at radius 3 is 1.86 bits per heavy atom. The summed E-state index contributed by atoms with van der Waals surface area (Å²) in [4.78, 5) is 14.4. The summed E-state index contributed by atoms with van der Waals surface area (Å²) in [6.07, 6.45) is 1.97. The number of nitrogens with zero attached hydrogens (tertiary/aromatic N) is 1. The highest BCUT2D eigenvalue weighted by atomic mass is 16.5. The van der Waals surface area contributed by atoms with E-state index < -0.39 is 0 Å². The van der Waals surface area contributed by atoms with Gasteiger partial charge in [-0.25, -0.2) is 0 Å². The maximum atomic E-state index is 12.1. The van der Waals surface area contributed by atoms with Crippen molar-refractivity contribution in [3.05, 3.63) is 0 Å². The number of ether oxygens (including phenoxy) is 1. The average molecular weight is 318 g/mol. The number of carbonyl (C=O) groups is 1. The molecular weight excluding hydrogens is 274 g/mol. The van der Waals surface area contributed by atoms with Gasteiger partial charge in [-0.2, -0.15) is 0 Å². The van der Waals surface area contributed by atoms with Crippen LogP contribution in [0.2, 0.25) is 0 Å². The molecule has 1 unspecified atom stereocenters. The van der Waals surface area contributed by atoms with Crippen molar-refractivity contribution in [2.45, 2.75) is 82.1 Å². The largest absolute Gasteiger partial charge is 0.464 e. The summed E-state index contributed by atoms with van der Waals surface area (Å²) in [5, 5.41) is 0. The van der Waals surface area contributed by atoms with Gasteiger partial charge < -0.3 is 9.64 Å². The molecule has 0 radical (unpaired) electrons. The van der Waals surface area contributed by atoms with Crippen LogP contribution in [0.25, 0.3) is 0 Å². The molecule has 0 N–H and O–H groups in total. The van der Waals surface area contributed by atoms with Crippen molar-refractivity contribution in [3.8, 4) is 0 Å². The molecule has 3 heteroatoms. The van der Waals surface area contributed by atoms with E-state index in [1.165, 1.54) is 0 Å². The minimum Gasteiger partial charge on any atom is -0.464 e. The van der Waals surface area contributed by atoms with Crippen LogP contribution in [0, 0.1) is 11.3 Å². The summed E-state index contributed by atoms with van der Waals surface area (Å²) in [6.45, 7) is 24.0. The Bertz CT molecular complexity index is 242. The molecule has 0 aliphatic rings. The van der Waals surface area contributed by atoms with Gasteiger partial charge in [0.15, 0.2) is 0 Å². The molecule has 1 atom stereocenters. The van der Waals surface area contributed by atoms with E-state index in [1.54, 1.807) is 0 Å². The van der Waals surface area contributed by atoms with Crippen LogP contribution in [0.4, 0.5) is 0 Å². The second-order valence-corrected chi connectivity index (χ2v) is 5.50. The zero-order chi connectivity index (χ0) is 18.2. The van der Waals surface area contributed by atoms with E-state index in [0.29, 0.717) is 12.5 Å². The molecule has 0 aromatic rings. The third-order valence-electron chi connectivity index (χ3n) is 4.10. The van der Waals surface area contributed by atoms with Gasteiger partial charge in [-0.05, 0) is 38.8 Å². The van der Waals surface area contributed by atoms with Gasteiger partial charge in [0.05, 0.1) is 5.41 Å². The Balaban J connectivity index is -0.000000826. The first-order valence-electron chi connectivity index (χ1n) is 9.31. The molecule has 136 valence electrons. The van der Waals surface area contributed by atoms with Crippen molar-refractivity contribution in [1.29, 1.82) is 0 Å². The van der Waals surface area contributed by atoms with E-state index in [1.807, 2.05) is 34.6 Å². The first-order chi connectivity index (χ1) is 10.4. The van der Waals surface area contributed by atoms with E-state index in [-0.39, 0.29) is 11.4 Å². The highest BCUT2D eigenvalue weighted by Gasteiger charge is 2.36.